The minimum Gasteiger partial charge on any atom is -0.207 e. The Hall–Kier alpha value is -0.740. The van der Waals surface area contributed by atoms with Crippen LogP contribution in [0.3, 0.4) is 0 Å². The molecule has 0 amide bonds. The number of aryl methyl sites for hydroxylation is 2. The third-order valence-electron chi connectivity index (χ3n) is 3.00. The van der Waals surface area contributed by atoms with Gasteiger partial charge in [-0.2, -0.15) is 0 Å². The van der Waals surface area contributed by atoms with E-state index in [1.54, 1.807) is 38.1 Å². The SMILES string of the molecule is Cc1cc(C(Br)c2c(F)cccc2Br)cc(C)c1F. The monoisotopic (exact) mass is 388 g/mol. The molecule has 0 nitrogen and oxygen atoms in total. The van der Waals surface area contributed by atoms with E-state index in [-0.39, 0.29) is 16.5 Å². The highest BCUT2D eigenvalue weighted by Gasteiger charge is 2.19. The van der Waals surface area contributed by atoms with Crippen molar-refractivity contribution in [1.29, 1.82) is 0 Å². The quantitative estimate of drug-likeness (QED) is 0.567. The summed E-state index contributed by atoms with van der Waals surface area (Å²) < 4.78 is 28.3. The van der Waals surface area contributed by atoms with Gasteiger partial charge < -0.3 is 0 Å². The van der Waals surface area contributed by atoms with Crippen LogP contribution in [-0.2, 0) is 0 Å². The predicted molar refractivity (Wildman–Crippen MR) is 80.7 cm³/mol. The van der Waals surface area contributed by atoms with Gasteiger partial charge in [-0.25, -0.2) is 8.78 Å². The number of halogens is 4. The molecule has 0 N–H and O–H groups in total. The lowest BCUT2D eigenvalue weighted by Crippen LogP contribution is -2.00. The number of rotatable bonds is 2. The van der Waals surface area contributed by atoms with Gasteiger partial charge in [0, 0.05) is 10.0 Å². The average Bonchev–Trinajstić information content (AvgIpc) is 2.35. The Morgan fingerprint density at radius 2 is 1.63 bits per heavy atom. The zero-order chi connectivity index (χ0) is 14.2. The molecule has 0 aliphatic heterocycles. The molecule has 2 aromatic carbocycles. The fourth-order valence-electron chi connectivity index (χ4n) is 2.05. The van der Waals surface area contributed by atoms with Crippen LogP contribution in [0.5, 0.6) is 0 Å². The second-order valence-electron chi connectivity index (χ2n) is 4.47. The van der Waals surface area contributed by atoms with E-state index in [1.165, 1.54) is 6.07 Å². The van der Waals surface area contributed by atoms with Gasteiger partial charge in [0.1, 0.15) is 11.6 Å². The molecule has 0 aliphatic rings. The minimum absolute atomic E-state index is 0.212. The molecule has 0 saturated heterocycles. The van der Waals surface area contributed by atoms with Crippen LogP contribution in [0, 0.1) is 25.5 Å². The molecule has 0 radical (unpaired) electrons. The van der Waals surface area contributed by atoms with E-state index in [9.17, 15) is 8.78 Å². The number of hydrogen-bond donors (Lipinski definition) is 0. The summed E-state index contributed by atoms with van der Waals surface area (Å²) in [5.74, 6) is -0.507. The molecular formula is C15H12Br2F2. The van der Waals surface area contributed by atoms with Gasteiger partial charge in [-0.3, -0.25) is 0 Å². The lowest BCUT2D eigenvalue weighted by molar-refractivity contribution is 0.606. The van der Waals surface area contributed by atoms with Crippen molar-refractivity contribution in [2.75, 3.05) is 0 Å². The number of benzene rings is 2. The largest absolute Gasteiger partial charge is 0.207 e. The van der Waals surface area contributed by atoms with E-state index in [4.69, 9.17) is 0 Å². The second kappa shape index (κ2) is 5.71. The molecule has 1 atom stereocenters. The highest BCUT2D eigenvalue weighted by atomic mass is 79.9. The van der Waals surface area contributed by atoms with Crippen molar-refractivity contribution in [3.05, 3.63) is 68.7 Å². The van der Waals surface area contributed by atoms with E-state index >= 15 is 0 Å². The Morgan fingerprint density at radius 1 is 1.05 bits per heavy atom. The van der Waals surface area contributed by atoms with Crippen molar-refractivity contribution in [2.24, 2.45) is 0 Å². The van der Waals surface area contributed by atoms with Gasteiger partial charge in [-0.15, -0.1) is 0 Å². The average molecular weight is 390 g/mol. The van der Waals surface area contributed by atoms with Crippen LogP contribution in [0.25, 0.3) is 0 Å². The molecular weight excluding hydrogens is 378 g/mol. The first-order valence-corrected chi connectivity index (χ1v) is 7.47. The van der Waals surface area contributed by atoms with Crippen molar-refractivity contribution >= 4 is 31.9 Å². The first-order chi connectivity index (χ1) is 8.91. The van der Waals surface area contributed by atoms with E-state index < -0.39 is 0 Å². The molecule has 0 spiro atoms. The van der Waals surface area contributed by atoms with Crippen molar-refractivity contribution in [3.63, 3.8) is 0 Å². The number of hydrogen-bond acceptors (Lipinski definition) is 0. The van der Waals surface area contributed by atoms with Crippen LogP contribution in [-0.4, -0.2) is 0 Å². The summed E-state index contributed by atoms with van der Waals surface area (Å²) in [6, 6.07) is 8.32. The van der Waals surface area contributed by atoms with E-state index in [0.29, 0.717) is 21.2 Å². The van der Waals surface area contributed by atoms with Crippen molar-refractivity contribution in [3.8, 4) is 0 Å². The first kappa shape index (κ1) is 14.7. The van der Waals surface area contributed by atoms with Gasteiger partial charge in [0.25, 0.3) is 0 Å². The van der Waals surface area contributed by atoms with Gasteiger partial charge in [0.15, 0.2) is 0 Å². The van der Waals surface area contributed by atoms with Gasteiger partial charge in [0.2, 0.25) is 0 Å². The molecule has 2 rings (SSSR count). The number of alkyl halides is 1. The van der Waals surface area contributed by atoms with Crippen LogP contribution >= 0.6 is 31.9 Å². The fourth-order valence-corrected chi connectivity index (χ4v) is 3.65. The Morgan fingerprint density at radius 3 is 2.16 bits per heavy atom. The third kappa shape index (κ3) is 2.90. The minimum atomic E-state index is -0.318. The molecule has 19 heavy (non-hydrogen) atoms. The van der Waals surface area contributed by atoms with Gasteiger partial charge in [-0.1, -0.05) is 50.1 Å². The van der Waals surface area contributed by atoms with Crippen LogP contribution in [0.15, 0.2) is 34.8 Å². The standard InChI is InChI=1S/C15H12Br2F2/c1-8-6-10(7-9(2)15(8)19)14(17)13-11(16)4-3-5-12(13)18/h3-7,14H,1-2H3. The molecule has 0 aliphatic carbocycles. The normalized spacial score (nSPS) is 12.5. The van der Waals surface area contributed by atoms with Crippen LogP contribution in [0.1, 0.15) is 27.1 Å². The van der Waals surface area contributed by atoms with Gasteiger partial charge in [0.05, 0.1) is 4.83 Å². The Kier molecular flexibility index (Phi) is 4.41. The zero-order valence-corrected chi connectivity index (χ0v) is 13.6. The summed E-state index contributed by atoms with van der Waals surface area (Å²) in [4.78, 5) is -0.318. The Bertz CT molecular complexity index is 580. The van der Waals surface area contributed by atoms with Crippen LogP contribution in [0.2, 0.25) is 0 Å². The van der Waals surface area contributed by atoms with Crippen molar-refractivity contribution < 1.29 is 8.78 Å². The molecule has 100 valence electrons. The molecule has 1 unspecified atom stereocenters. The van der Waals surface area contributed by atoms with Gasteiger partial charge in [-0.05, 0) is 42.7 Å². The highest BCUT2D eigenvalue weighted by Crippen LogP contribution is 2.38. The fraction of sp³-hybridized carbons (Fsp3) is 0.200. The maximum atomic E-state index is 13.9. The maximum Gasteiger partial charge on any atom is 0.129 e. The molecule has 0 saturated carbocycles. The summed E-state index contributed by atoms with van der Waals surface area (Å²) in [6.07, 6.45) is 0. The highest BCUT2D eigenvalue weighted by molar-refractivity contribution is 9.11. The van der Waals surface area contributed by atoms with Crippen molar-refractivity contribution in [1.82, 2.24) is 0 Å². The molecule has 4 heteroatoms. The second-order valence-corrected chi connectivity index (χ2v) is 6.24. The summed E-state index contributed by atoms with van der Waals surface area (Å²) in [5, 5.41) is 0. The molecule has 2 aromatic rings. The molecule has 0 bridgehead atoms. The summed E-state index contributed by atoms with van der Waals surface area (Å²) >= 11 is 6.85. The summed E-state index contributed by atoms with van der Waals surface area (Å²) in [6.45, 7) is 3.42. The van der Waals surface area contributed by atoms with Gasteiger partial charge >= 0.3 is 0 Å². The van der Waals surface area contributed by atoms with Crippen molar-refractivity contribution in [2.45, 2.75) is 18.7 Å². The first-order valence-electron chi connectivity index (χ1n) is 5.76. The Balaban J connectivity index is 2.53. The third-order valence-corrected chi connectivity index (χ3v) is 4.68. The molecule has 0 fully saturated rings. The van der Waals surface area contributed by atoms with E-state index in [0.717, 1.165) is 5.56 Å². The lowest BCUT2D eigenvalue weighted by Gasteiger charge is -2.15. The topological polar surface area (TPSA) is 0 Å². The smallest absolute Gasteiger partial charge is 0.129 e. The summed E-state index contributed by atoms with van der Waals surface area (Å²) in [5.41, 5.74) is 2.48. The zero-order valence-electron chi connectivity index (χ0n) is 10.5. The van der Waals surface area contributed by atoms with Crippen LogP contribution < -0.4 is 0 Å². The lowest BCUT2D eigenvalue weighted by atomic mass is 10.00. The van der Waals surface area contributed by atoms with E-state index in [2.05, 4.69) is 31.9 Å². The Labute approximate surface area is 128 Å². The molecule has 0 heterocycles. The molecule has 0 aromatic heterocycles. The predicted octanol–water partition coefficient (Wildman–Crippen LogP) is 5.83. The van der Waals surface area contributed by atoms with E-state index in [1.807, 2.05) is 0 Å². The maximum absolute atomic E-state index is 13.9. The summed E-state index contributed by atoms with van der Waals surface area (Å²) in [7, 11) is 0. The van der Waals surface area contributed by atoms with Crippen LogP contribution in [0.4, 0.5) is 8.78 Å².